The summed E-state index contributed by atoms with van der Waals surface area (Å²) >= 11 is 0. The number of carbonyl (C=O) groups excluding carboxylic acids is 1. The number of amides is 1. The summed E-state index contributed by atoms with van der Waals surface area (Å²) in [5.74, 6) is 2.21. The Labute approximate surface area is 139 Å². The molecule has 0 unspecified atom stereocenters. The molecule has 0 spiro atoms. The Morgan fingerprint density at radius 1 is 1.00 bits per heavy atom. The number of rotatable bonds is 2. The van der Waals surface area contributed by atoms with Gasteiger partial charge in [-0.05, 0) is 18.2 Å². The summed E-state index contributed by atoms with van der Waals surface area (Å²) in [6.07, 6.45) is 5.09. The minimum absolute atomic E-state index is 0.0192. The van der Waals surface area contributed by atoms with Crippen LogP contribution in [0.5, 0.6) is 11.5 Å². The number of carbonyl (C=O) groups is 1. The lowest BCUT2D eigenvalue weighted by Gasteiger charge is -2.35. The second-order valence-corrected chi connectivity index (χ2v) is 5.70. The van der Waals surface area contributed by atoms with Gasteiger partial charge in [0.15, 0.2) is 11.5 Å². The molecular formula is C17H18N4O3. The van der Waals surface area contributed by atoms with Crippen molar-refractivity contribution in [3.63, 3.8) is 0 Å². The van der Waals surface area contributed by atoms with Gasteiger partial charge in [-0.25, -0.2) is 4.98 Å². The Morgan fingerprint density at radius 3 is 2.54 bits per heavy atom. The Morgan fingerprint density at radius 2 is 1.79 bits per heavy atom. The standard InChI is InChI=1S/C17H18N4O3/c22-17(13-1-2-14-15(11-13)24-10-9-23-14)21-7-5-20(6-8-21)16-12-18-3-4-19-16/h1-4,11-12H,5-10H2. The van der Waals surface area contributed by atoms with Crippen molar-refractivity contribution in [2.75, 3.05) is 44.3 Å². The predicted octanol–water partition coefficient (Wildman–Crippen LogP) is 1.21. The van der Waals surface area contributed by atoms with Crippen LogP contribution >= 0.6 is 0 Å². The van der Waals surface area contributed by atoms with E-state index in [1.54, 1.807) is 36.8 Å². The van der Waals surface area contributed by atoms with E-state index < -0.39 is 0 Å². The molecule has 0 bridgehead atoms. The van der Waals surface area contributed by atoms with Crippen LogP contribution in [0.3, 0.4) is 0 Å². The summed E-state index contributed by atoms with van der Waals surface area (Å²) < 4.78 is 11.1. The normalized spacial score (nSPS) is 16.8. The summed E-state index contributed by atoms with van der Waals surface area (Å²) in [6.45, 7) is 3.86. The molecule has 0 atom stereocenters. The minimum Gasteiger partial charge on any atom is -0.486 e. The van der Waals surface area contributed by atoms with Crippen molar-refractivity contribution in [2.24, 2.45) is 0 Å². The van der Waals surface area contributed by atoms with Crippen LogP contribution in [0, 0.1) is 0 Å². The van der Waals surface area contributed by atoms with Crippen LogP contribution in [-0.4, -0.2) is 60.2 Å². The molecule has 0 N–H and O–H groups in total. The van der Waals surface area contributed by atoms with E-state index in [0.717, 1.165) is 18.9 Å². The first kappa shape index (κ1) is 14.7. The number of hydrogen-bond donors (Lipinski definition) is 0. The second-order valence-electron chi connectivity index (χ2n) is 5.70. The molecule has 0 radical (unpaired) electrons. The van der Waals surface area contributed by atoms with Gasteiger partial charge in [0.1, 0.15) is 19.0 Å². The van der Waals surface area contributed by atoms with Gasteiger partial charge in [0, 0.05) is 44.1 Å². The summed E-state index contributed by atoms with van der Waals surface area (Å²) in [5.41, 5.74) is 0.632. The fraction of sp³-hybridized carbons (Fsp3) is 0.353. The lowest BCUT2D eigenvalue weighted by atomic mass is 10.1. The molecule has 0 aliphatic carbocycles. The fourth-order valence-corrected chi connectivity index (χ4v) is 2.95. The Bertz CT molecular complexity index is 730. The number of fused-ring (bicyclic) bond motifs is 1. The maximum Gasteiger partial charge on any atom is 0.254 e. The van der Waals surface area contributed by atoms with Gasteiger partial charge < -0.3 is 19.3 Å². The maximum absolute atomic E-state index is 12.7. The lowest BCUT2D eigenvalue weighted by molar-refractivity contribution is 0.0745. The molecule has 1 saturated heterocycles. The van der Waals surface area contributed by atoms with E-state index in [9.17, 15) is 4.79 Å². The number of anilines is 1. The molecule has 1 aromatic carbocycles. The average molecular weight is 326 g/mol. The topological polar surface area (TPSA) is 67.8 Å². The lowest BCUT2D eigenvalue weighted by Crippen LogP contribution is -2.49. The zero-order valence-corrected chi connectivity index (χ0v) is 13.2. The SMILES string of the molecule is O=C(c1ccc2c(c1)OCCO2)N1CCN(c2cnccn2)CC1. The van der Waals surface area contributed by atoms with Gasteiger partial charge in [0.25, 0.3) is 5.91 Å². The Hall–Kier alpha value is -2.83. The summed E-state index contributed by atoms with van der Waals surface area (Å²) in [7, 11) is 0. The number of benzene rings is 1. The largest absolute Gasteiger partial charge is 0.486 e. The maximum atomic E-state index is 12.7. The van der Waals surface area contributed by atoms with Crippen LogP contribution in [0.25, 0.3) is 0 Å². The van der Waals surface area contributed by atoms with Gasteiger partial charge in [-0.1, -0.05) is 0 Å². The molecule has 3 heterocycles. The van der Waals surface area contributed by atoms with Crippen LogP contribution in [0.4, 0.5) is 5.82 Å². The molecule has 1 fully saturated rings. The molecule has 0 saturated carbocycles. The Kier molecular flexibility index (Phi) is 3.90. The van der Waals surface area contributed by atoms with E-state index >= 15 is 0 Å². The highest BCUT2D eigenvalue weighted by molar-refractivity contribution is 5.95. The third-order valence-corrected chi connectivity index (χ3v) is 4.23. The van der Waals surface area contributed by atoms with Gasteiger partial charge in [0.05, 0.1) is 6.20 Å². The number of ether oxygens (including phenoxy) is 2. The molecule has 1 amide bonds. The van der Waals surface area contributed by atoms with E-state index in [-0.39, 0.29) is 5.91 Å². The Balaban J connectivity index is 1.43. The number of hydrogen-bond acceptors (Lipinski definition) is 6. The highest BCUT2D eigenvalue weighted by Crippen LogP contribution is 2.31. The number of aromatic nitrogens is 2. The molecule has 2 aliphatic heterocycles. The minimum atomic E-state index is 0.0192. The molecule has 2 aromatic rings. The van der Waals surface area contributed by atoms with Crippen LogP contribution in [0.2, 0.25) is 0 Å². The van der Waals surface area contributed by atoms with E-state index in [2.05, 4.69) is 14.9 Å². The molecule has 124 valence electrons. The van der Waals surface area contributed by atoms with E-state index in [1.807, 2.05) is 4.90 Å². The van der Waals surface area contributed by atoms with Crippen molar-refractivity contribution in [3.8, 4) is 11.5 Å². The molecule has 7 nitrogen and oxygen atoms in total. The third kappa shape index (κ3) is 2.84. The third-order valence-electron chi connectivity index (χ3n) is 4.23. The van der Waals surface area contributed by atoms with Gasteiger partial charge in [-0.2, -0.15) is 0 Å². The van der Waals surface area contributed by atoms with Crippen molar-refractivity contribution < 1.29 is 14.3 Å². The second kappa shape index (κ2) is 6.35. The van der Waals surface area contributed by atoms with Crippen LogP contribution in [0.15, 0.2) is 36.8 Å². The molecule has 4 rings (SSSR count). The molecule has 1 aromatic heterocycles. The van der Waals surface area contributed by atoms with Crippen LogP contribution in [-0.2, 0) is 0 Å². The fourth-order valence-electron chi connectivity index (χ4n) is 2.95. The molecular weight excluding hydrogens is 308 g/mol. The smallest absolute Gasteiger partial charge is 0.254 e. The first-order chi connectivity index (χ1) is 11.8. The van der Waals surface area contributed by atoms with Crippen LogP contribution in [0.1, 0.15) is 10.4 Å². The molecule has 7 heteroatoms. The number of nitrogens with zero attached hydrogens (tertiary/aromatic N) is 4. The van der Waals surface area contributed by atoms with Gasteiger partial charge in [-0.15, -0.1) is 0 Å². The highest BCUT2D eigenvalue weighted by Gasteiger charge is 2.24. The van der Waals surface area contributed by atoms with E-state index in [4.69, 9.17) is 9.47 Å². The highest BCUT2D eigenvalue weighted by atomic mass is 16.6. The first-order valence-corrected chi connectivity index (χ1v) is 8.01. The predicted molar refractivity (Wildman–Crippen MR) is 87.6 cm³/mol. The van der Waals surface area contributed by atoms with Crippen molar-refractivity contribution >= 4 is 11.7 Å². The van der Waals surface area contributed by atoms with E-state index in [0.29, 0.717) is 43.4 Å². The molecule has 24 heavy (non-hydrogen) atoms. The summed E-state index contributed by atoms with van der Waals surface area (Å²) in [6, 6.07) is 5.37. The molecule has 2 aliphatic rings. The van der Waals surface area contributed by atoms with Gasteiger partial charge >= 0.3 is 0 Å². The summed E-state index contributed by atoms with van der Waals surface area (Å²) in [4.78, 5) is 25.1. The monoisotopic (exact) mass is 326 g/mol. The zero-order chi connectivity index (χ0) is 16.4. The van der Waals surface area contributed by atoms with Gasteiger partial charge in [0.2, 0.25) is 0 Å². The van der Waals surface area contributed by atoms with Crippen LogP contribution < -0.4 is 14.4 Å². The first-order valence-electron chi connectivity index (χ1n) is 8.01. The van der Waals surface area contributed by atoms with Crippen molar-refractivity contribution in [2.45, 2.75) is 0 Å². The van der Waals surface area contributed by atoms with Gasteiger partial charge in [-0.3, -0.25) is 9.78 Å². The average Bonchev–Trinajstić information content (AvgIpc) is 2.68. The van der Waals surface area contributed by atoms with Crippen molar-refractivity contribution in [1.82, 2.24) is 14.9 Å². The number of piperazine rings is 1. The quantitative estimate of drug-likeness (QED) is 0.826. The van der Waals surface area contributed by atoms with Crippen molar-refractivity contribution in [3.05, 3.63) is 42.4 Å². The van der Waals surface area contributed by atoms with Crippen molar-refractivity contribution in [1.29, 1.82) is 0 Å². The van der Waals surface area contributed by atoms with E-state index in [1.165, 1.54) is 0 Å². The summed E-state index contributed by atoms with van der Waals surface area (Å²) in [5, 5.41) is 0. The zero-order valence-electron chi connectivity index (χ0n) is 13.2.